The van der Waals surface area contributed by atoms with E-state index in [1.54, 1.807) is 0 Å². The van der Waals surface area contributed by atoms with Crippen LogP contribution in [0.5, 0.6) is 0 Å². The lowest BCUT2D eigenvalue weighted by Gasteiger charge is -2.20. The van der Waals surface area contributed by atoms with Crippen LogP contribution >= 0.6 is 0 Å². The Hall–Kier alpha value is -6.76. The number of hydrogen-bond acceptors (Lipinski definition) is 0. The first-order valence-electron chi connectivity index (χ1n) is 18.8. The van der Waals surface area contributed by atoms with Crippen LogP contribution in [-0.2, 0) is 0 Å². The first-order chi connectivity index (χ1) is 26.6. The summed E-state index contributed by atoms with van der Waals surface area (Å²) in [5.41, 5.74) is 15.1. The van der Waals surface area contributed by atoms with Crippen molar-refractivity contribution in [1.29, 1.82) is 0 Å². The van der Waals surface area contributed by atoms with E-state index >= 15 is 0 Å². The van der Waals surface area contributed by atoms with Gasteiger partial charge in [0, 0.05) is 0 Å². The molecule has 0 N–H and O–H groups in total. The SMILES string of the molecule is Cc1cc(C)cc(-c2c3ccccc3c(-c3ccc(-c4c5ccccc5c(-c5ccccc5)c5cc(-c6ccccc6)ccc45)cc3)c3ccccc23)c1. The smallest absolute Gasteiger partial charge is 0.00262 e. The highest BCUT2D eigenvalue weighted by atomic mass is 14.2. The minimum Gasteiger partial charge on any atom is -0.0622 e. The quantitative estimate of drug-likeness (QED) is 0.158. The van der Waals surface area contributed by atoms with E-state index in [9.17, 15) is 0 Å². The van der Waals surface area contributed by atoms with Crippen molar-refractivity contribution in [3.8, 4) is 55.6 Å². The summed E-state index contributed by atoms with van der Waals surface area (Å²) in [5, 5.41) is 10.2. The molecule has 0 aromatic heterocycles. The number of aryl methyl sites for hydroxylation is 2. The molecule has 54 heavy (non-hydrogen) atoms. The lowest BCUT2D eigenvalue weighted by Crippen LogP contribution is -1.93. The molecule has 0 bridgehead atoms. The summed E-state index contributed by atoms with van der Waals surface area (Å²) in [4.78, 5) is 0. The molecule has 0 radical (unpaired) electrons. The summed E-state index contributed by atoms with van der Waals surface area (Å²) in [6.45, 7) is 4.39. The molecule has 10 aromatic rings. The van der Waals surface area contributed by atoms with E-state index in [0.29, 0.717) is 0 Å². The highest BCUT2D eigenvalue weighted by Crippen LogP contribution is 2.47. The maximum absolute atomic E-state index is 2.40. The predicted molar refractivity (Wildman–Crippen MR) is 233 cm³/mol. The average molecular weight is 687 g/mol. The van der Waals surface area contributed by atoms with Gasteiger partial charge in [0.1, 0.15) is 0 Å². The zero-order valence-electron chi connectivity index (χ0n) is 30.5. The van der Waals surface area contributed by atoms with Gasteiger partial charge in [-0.3, -0.25) is 0 Å². The molecule has 0 fully saturated rings. The third-order valence-electron chi connectivity index (χ3n) is 11.1. The van der Waals surface area contributed by atoms with Crippen LogP contribution in [0.1, 0.15) is 11.1 Å². The topological polar surface area (TPSA) is 0 Å². The van der Waals surface area contributed by atoms with E-state index < -0.39 is 0 Å². The summed E-state index contributed by atoms with van der Waals surface area (Å²) in [5.74, 6) is 0. The minimum absolute atomic E-state index is 1.22. The molecule has 10 aromatic carbocycles. The fraction of sp³-hybridized carbons (Fsp3) is 0.0370. The van der Waals surface area contributed by atoms with Gasteiger partial charge in [0.05, 0.1) is 0 Å². The molecule has 0 heteroatoms. The van der Waals surface area contributed by atoms with Crippen molar-refractivity contribution in [2.45, 2.75) is 13.8 Å². The molecule has 0 amide bonds. The first kappa shape index (κ1) is 31.9. The largest absolute Gasteiger partial charge is 0.0622 e. The van der Waals surface area contributed by atoms with Gasteiger partial charge in [-0.25, -0.2) is 0 Å². The van der Waals surface area contributed by atoms with Gasteiger partial charge >= 0.3 is 0 Å². The lowest BCUT2D eigenvalue weighted by molar-refractivity contribution is 1.39. The summed E-state index contributed by atoms with van der Waals surface area (Å²) < 4.78 is 0. The Labute approximate surface area is 316 Å². The van der Waals surface area contributed by atoms with Crippen LogP contribution in [-0.4, -0.2) is 0 Å². The summed E-state index contributed by atoms with van der Waals surface area (Å²) in [6.07, 6.45) is 0. The fourth-order valence-corrected chi connectivity index (χ4v) is 8.89. The molecule has 0 aliphatic rings. The molecule has 0 saturated heterocycles. The zero-order chi connectivity index (χ0) is 36.2. The van der Waals surface area contributed by atoms with Crippen molar-refractivity contribution in [3.05, 3.63) is 205 Å². The summed E-state index contributed by atoms with van der Waals surface area (Å²) in [7, 11) is 0. The molecule has 0 saturated carbocycles. The molecule has 0 heterocycles. The average Bonchev–Trinajstić information content (AvgIpc) is 3.22. The van der Waals surface area contributed by atoms with Gasteiger partial charge in [-0.15, -0.1) is 0 Å². The third-order valence-corrected chi connectivity index (χ3v) is 11.1. The van der Waals surface area contributed by atoms with Gasteiger partial charge < -0.3 is 0 Å². The molecule has 0 nitrogen and oxygen atoms in total. The molecule has 0 aliphatic heterocycles. The second-order valence-corrected chi connectivity index (χ2v) is 14.6. The highest BCUT2D eigenvalue weighted by molar-refractivity contribution is 6.23. The molecular formula is C54H38. The maximum Gasteiger partial charge on any atom is -0.00262 e. The van der Waals surface area contributed by atoms with Gasteiger partial charge in [-0.2, -0.15) is 0 Å². The highest BCUT2D eigenvalue weighted by Gasteiger charge is 2.20. The third kappa shape index (κ3) is 5.30. The second-order valence-electron chi connectivity index (χ2n) is 14.6. The van der Waals surface area contributed by atoms with E-state index in [2.05, 4.69) is 208 Å². The van der Waals surface area contributed by atoms with Crippen LogP contribution in [0.15, 0.2) is 194 Å². The van der Waals surface area contributed by atoms with E-state index in [1.165, 1.54) is 110 Å². The Bertz CT molecular complexity index is 2950. The second kappa shape index (κ2) is 13.0. The Morgan fingerprint density at radius 3 is 0.963 bits per heavy atom. The van der Waals surface area contributed by atoms with Gasteiger partial charge in [0.2, 0.25) is 0 Å². The molecule has 0 spiro atoms. The van der Waals surface area contributed by atoms with Gasteiger partial charge in [-0.1, -0.05) is 199 Å². The van der Waals surface area contributed by atoms with Crippen LogP contribution in [0.3, 0.4) is 0 Å². The van der Waals surface area contributed by atoms with Crippen molar-refractivity contribution in [3.63, 3.8) is 0 Å². The lowest BCUT2D eigenvalue weighted by atomic mass is 9.83. The van der Waals surface area contributed by atoms with Crippen molar-refractivity contribution in [1.82, 2.24) is 0 Å². The molecule has 0 aliphatic carbocycles. The zero-order valence-corrected chi connectivity index (χ0v) is 30.5. The number of hydrogen-bond donors (Lipinski definition) is 0. The van der Waals surface area contributed by atoms with E-state index in [4.69, 9.17) is 0 Å². The van der Waals surface area contributed by atoms with Crippen LogP contribution < -0.4 is 0 Å². The van der Waals surface area contributed by atoms with E-state index in [0.717, 1.165) is 0 Å². The van der Waals surface area contributed by atoms with Crippen molar-refractivity contribution in [2.24, 2.45) is 0 Å². The van der Waals surface area contributed by atoms with Crippen LogP contribution in [0.4, 0.5) is 0 Å². The first-order valence-corrected chi connectivity index (χ1v) is 18.8. The van der Waals surface area contributed by atoms with Crippen LogP contribution in [0.2, 0.25) is 0 Å². The molecular weight excluding hydrogens is 649 g/mol. The number of rotatable bonds is 5. The van der Waals surface area contributed by atoms with Crippen molar-refractivity contribution in [2.75, 3.05) is 0 Å². The fourth-order valence-electron chi connectivity index (χ4n) is 8.89. The van der Waals surface area contributed by atoms with Crippen molar-refractivity contribution >= 4 is 43.1 Å². The molecule has 254 valence electrons. The summed E-state index contributed by atoms with van der Waals surface area (Å²) >= 11 is 0. The standard InChI is InChI=1S/C54H38/c1-35-31-36(2)33-42(32-35)54-47-23-13-10-20-44(47)51(45-21-11-14-24-48(45)54)39-25-27-40(28-26-39)52-43-19-9-12-22-46(43)53(38-17-7-4-8-18-38)50-34-41(29-30-49(50)52)37-15-5-3-6-16-37/h3-34H,1-2H3. The molecule has 0 unspecified atom stereocenters. The predicted octanol–water partition coefficient (Wildman–Crippen LogP) is 15.3. The Balaban J connectivity index is 1.21. The van der Waals surface area contributed by atoms with Crippen LogP contribution in [0, 0.1) is 13.8 Å². The Kier molecular flexibility index (Phi) is 7.70. The molecule has 0 atom stereocenters. The molecule has 10 rings (SSSR count). The Morgan fingerprint density at radius 1 is 0.204 bits per heavy atom. The van der Waals surface area contributed by atoms with E-state index in [1.807, 2.05) is 0 Å². The van der Waals surface area contributed by atoms with Gasteiger partial charge in [0.15, 0.2) is 0 Å². The van der Waals surface area contributed by atoms with Crippen LogP contribution in [0.25, 0.3) is 98.7 Å². The summed E-state index contributed by atoms with van der Waals surface area (Å²) in [6, 6.07) is 71.7. The normalized spacial score (nSPS) is 11.5. The maximum atomic E-state index is 2.40. The van der Waals surface area contributed by atoms with Crippen molar-refractivity contribution < 1.29 is 0 Å². The monoisotopic (exact) mass is 686 g/mol. The minimum atomic E-state index is 1.22. The Morgan fingerprint density at radius 2 is 0.519 bits per heavy atom. The van der Waals surface area contributed by atoms with Gasteiger partial charge in [0.25, 0.3) is 0 Å². The van der Waals surface area contributed by atoms with Gasteiger partial charge in [-0.05, 0) is 119 Å². The number of fused-ring (bicyclic) bond motifs is 4. The van der Waals surface area contributed by atoms with E-state index in [-0.39, 0.29) is 0 Å². The number of benzene rings is 10.